The third-order valence-corrected chi connectivity index (χ3v) is 3.81. The van der Waals surface area contributed by atoms with Gasteiger partial charge in [-0.2, -0.15) is 0 Å². The summed E-state index contributed by atoms with van der Waals surface area (Å²) in [6.45, 7) is 0. The zero-order valence-corrected chi connectivity index (χ0v) is 14.3. The highest BCUT2D eigenvalue weighted by Crippen LogP contribution is 2.11. The minimum absolute atomic E-state index is 0.184. The molecular weight excluding hydrogens is 322 g/mol. The molecule has 0 aliphatic heterocycles. The lowest BCUT2D eigenvalue weighted by molar-refractivity contribution is 0.629. The lowest BCUT2D eigenvalue weighted by atomic mass is 9.65. The summed E-state index contributed by atoms with van der Waals surface area (Å²) in [6, 6.07) is 26.8. The molecule has 2 nitrogen and oxygen atoms in total. The van der Waals surface area contributed by atoms with Crippen LogP contribution in [0.4, 0.5) is 4.39 Å². The van der Waals surface area contributed by atoms with Crippen LogP contribution in [0.5, 0.6) is 0 Å². The Morgan fingerprint density at radius 1 is 0.846 bits per heavy atom. The number of rotatable bonds is 4. The van der Waals surface area contributed by atoms with Gasteiger partial charge in [-0.25, -0.2) is 9.37 Å². The van der Waals surface area contributed by atoms with Crippen LogP contribution >= 0.6 is 0 Å². The van der Waals surface area contributed by atoms with Crippen molar-refractivity contribution in [1.82, 2.24) is 9.97 Å². The van der Waals surface area contributed by atoms with Crippen LogP contribution in [-0.4, -0.2) is 17.2 Å². The van der Waals surface area contributed by atoms with Gasteiger partial charge in [-0.3, -0.25) is 0 Å². The summed E-state index contributed by atoms with van der Waals surface area (Å²) < 4.78 is 12.9. The van der Waals surface area contributed by atoms with Gasteiger partial charge in [0, 0.05) is 18.0 Å². The molecule has 0 aliphatic carbocycles. The van der Waals surface area contributed by atoms with Crippen molar-refractivity contribution < 1.29 is 4.39 Å². The highest BCUT2D eigenvalue weighted by Gasteiger charge is 1.98. The molecule has 26 heavy (non-hydrogen) atoms. The van der Waals surface area contributed by atoms with Gasteiger partial charge in [0.1, 0.15) is 11.6 Å². The van der Waals surface area contributed by atoms with E-state index in [-0.39, 0.29) is 5.82 Å². The maximum absolute atomic E-state index is 12.9. The second-order valence-corrected chi connectivity index (χ2v) is 5.75. The van der Waals surface area contributed by atoms with Gasteiger partial charge in [0.25, 0.3) is 0 Å². The van der Waals surface area contributed by atoms with Crippen LogP contribution in [0.15, 0.2) is 97.3 Å². The summed E-state index contributed by atoms with van der Waals surface area (Å²) in [7, 11) is 2.03. The summed E-state index contributed by atoms with van der Waals surface area (Å²) in [4.78, 5) is 7.17. The summed E-state index contributed by atoms with van der Waals surface area (Å²) >= 11 is 0. The fourth-order valence-corrected chi connectivity index (χ4v) is 2.50. The Bertz CT molecular complexity index is 894. The first-order valence-electron chi connectivity index (χ1n) is 8.49. The molecule has 0 unspecified atom stereocenters. The van der Waals surface area contributed by atoms with E-state index in [4.69, 9.17) is 0 Å². The van der Waals surface area contributed by atoms with Gasteiger partial charge >= 0.3 is 0 Å². The molecule has 0 atom stereocenters. The Labute approximate surface area is 154 Å². The van der Waals surface area contributed by atoms with Gasteiger partial charge in [0.05, 0.1) is 0 Å². The van der Waals surface area contributed by atoms with E-state index in [0.29, 0.717) is 0 Å². The molecule has 0 saturated heterocycles. The molecule has 1 heterocycles. The van der Waals surface area contributed by atoms with E-state index in [1.807, 2.05) is 68.1 Å². The molecule has 0 aliphatic rings. The van der Waals surface area contributed by atoms with Crippen molar-refractivity contribution in [1.29, 1.82) is 0 Å². The second-order valence-electron chi connectivity index (χ2n) is 5.75. The number of halogens is 1. The number of benzene rings is 3. The molecule has 0 amide bonds. The quantitative estimate of drug-likeness (QED) is 0.547. The van der Waals surface area contributed by atoms with Crippen molar-refractivity contribution in [2.75, 3.05) is 0 Å². The van der Waals surface area contributed by atoms with E-state index in [9.17, 15) is 4.39 Å². The number of aromatic amines is 1. The first kappa shape index (κ1) is 17.7. The molecule has 0 saturated carbocycles. The van der Waals surface area contributed by atoms with Gasteiger partial charge in [-0.15, -0.1) is 0 Å². The van der Waals surface area contributed by atoms with Crippen LogP contribution in [-0.2, 0) is 6.32 Å². The molecule has 4 aromatic rings. The van der Waals surface area contributed by atoms with Crippen LogP contribution in [0, 0.1) is 5.82 Å². The Balaban J connectivity index is 0.000000158. The minimum atomic E-state index is -0.184. The third kappa shape index (κ3) is 5.45. The third-order valence-electron chi connectivity index (χ3n) is 3.81. The molecule has 0 spiro atoms. The molecule has 127 valence electrons. The zero-order valence-electron chi connectivity index (χ0n) is 14.3. The van der Waals surface area contributed by atoms with Gasteiger partial charge in [-0.1, -0.05) is 83.8 Å². The van der Waals surface area contributed by atoms with Crippen molar-refractivity contribution >= 4 is 12.7 Å². The number of hydrogen-bond acceptors (Lipinski definition) is 1. The van der Waals surface area contributed by atoms with Gasteiger partial charge in [0.15, 0.2) is 7.28 Å². The van der Waals surface area contributed by atoms with Gasteiger partial charge < -0.3 is 4.98 Å². The number of H-pyrrole nitrogens is 1. The van der Waals surface area contributed by atoms with Crippen molar-refractivity contribution in [3.05, 3.63) is 109 Å². The normalized spacial score (nSPS) is 9.88. The fourth-order valence-electron chi connectivity index (χ4n) is 2.50. The average Bonchev–Trinajstić information content (AvgIpc) is 3.23. The van der Waals surface area contributed by atoms with Crippen LogP contribution in [0.3, 0.4) is 0 Å². The Morgan fingerprint density at radius 2 is 1.58 bits per heavy atom. The topological polar surface area (TPSA) is 28.7 Å². The van der Waals surface area contributed by atoms with Crippen LogP contribution in [0.1, 0.15) is 5.56 Å². The van der Waals surface area contributed by atoms with E-state index < -0.39 is 0 Å². The molecule has 0 bridgehead atoms. The number of aromatic nitrogens is 2. The second kappa shape index (κ2) is 9.37. The number of imidazole rings is 1. The standard InChI is InChI=1S/C13H11BF.C9H8N2/c15-13-8-4-7-12(9-13)14-10-11-5-2-1-3-6-11;1-2-4-8(5-3-1)9-10-6-7-11-9/h1-9H,10H2;1-7H,(H,10,11). The molecule has 0 fully saturated rings. The van der Waals surface area contributed by atoms with Crippen molar-refractivity contribution in [3.8, 4) is 11.4 Å². The summed E-state index contributed by atoms with van der Waals surface area (Å²) in [6.07, 6.45) is 4.41. The lowest BCUT2D eigenvalue weighted by Gasteiger charge is -2.00. The highest BCUT2D eigenvalue weighted by molar-refractivity contribution is 6.52. The Morgan fingerprint density at radius 3 is 2.23 bits per heavy atom. The molecule has 1 aromatic heterocycles. The fraction of sp³-hybridized carbons (Fsp3) is 0.0455. The van der Waals surface area contributed by atoms with Crippen LogP contribution in [0.2, 0.25) is 0 Å². The summed E-state index contributed by atoms with van der Waals surface area (Å²) in [5.74, 6) is 0.738. The van der Waals surface area contributed by atoms with Crippen molar-refractivity contribution in [2.24, 2.45) is 0 Å². The Kier molecular flexibility index (Phi) is 6.37. The molecular formula is C22H19BFN2. The summed E-state index contributed by atoms with van der Waals surface area (Å²) in [5, 5.41) is 0. The SMILES string of the molecule is Fc1cccc([B]Cc2ccccc2)c1.c1ccc(-c2ncc[nH]2)cc1. The smallest absolute Gasteiger partial charge is 0.156 e. The Hall–Kier alpha value is -3.14. The molecule has 1 radical (unpaired) electrons. The molecule has 4 rings (SSSR count). The average molecular weight is 341 g/mol. The van der Waals surface area contributed by atoms with Crippen LogP contribution < -0.4 is 5.46 Å². The predicted octanol–water partition coefficient (Wildman–Crippen LogP) is 4.43. The number of hydrogen-bond donors (Lipinski definition) is 1. The van der Waals surface area contributed by atoms with Gasteiger partial charge in [0.2, 0.25) is 0 Å². The zero-order chi connectivity index (χ0) is 18.0. The lowest BCUT2D eigenvalue weighted by Crippen LogP contribution is -2.16. The first-order valence-corrected chi connectivity index (χ1v) is 8.49. The van der Waals surface area contributed by atoms with E-state index >= 15 is 0 Å². The monoisotopic (exact) mass is 341 g/mol. The van der Waals surface area contributed by atoms with Crippen molar-refractivity contribution in [3.63, 3.8) is 0 Å². The van der Waals surface area contributed by atoms with Gasteiger partial charge in [-0.05, 0) is 18.5 Å². The number of nitrogens with one attached hydrogen (secondary N) is 1. The number of nitrogens with zero attached hydrogens (tertiary/aromatic N) is 1. The minimum Gasteiger partial charge on any atom is -0.345 e. The van der Waals surface area contributed by atoms with E-state index in [0.717, 1.165) is 23.2 Å². The summed E-state index contributed by atoms with van der Waals surface area (Å²) in [5.41, 5.74) is 3.29. The molecule has 4 heteroatoms. The highest BCUT2D eigenvalue weighted by atomic mass is 19.1. The first-order chi connectivity index (χ1) is 12.8. The molecule has 1 N–H and O–H groups in total. The predicted molar refractivity (Wildman–Crippen MR) is 106 cm³/mol. The maximum Gasteiger partial charge on any atom is 0.156 e. The van der Waals surface area contributed by atoms with Crippen LogP contribution in [0.25, 0.3) is 11.4 Å². The van der Waals surface area contributed by atoms with E-state index in [1.54, 1.807) is 18.3 Å². The van der Waals surface area contributed by atoms with Crippen molar-refractivity contribution in [2.45, 2.75) is 6.32 Å². The maximum atomic E-state index is 12.9. The van der Waals surface area contributed by atoms with E-state index in [1.165, 1.54) is 11.6 Å². The molecule has 3 aromatic carbocycles. The van der Waals surface area contributed by atoms with E-state index in [2.05, 4.69) is 22.1 Å². The largest absolute Gasteiger partial charge is 0.345 e.